The molecule has 5 nitrogen and oxygen atoms in total. The maximum atomic E-state index is 13.9. The summed E-state index contributed by atoms with van der Waals surface area (Å²) in [6.07, 6.45) is 2.77. The van der Waals surface area contributed by atoms with Gasteiger partial charge in [0, 0.05) is 29.5 Å². The Morgan fingerprint density at radius 3 is 2.54 bits per heavy atom. The smallest absolute Gasteiger partial charge is 0.312 e. The van der Waals surface area contributed by atoms with Gasteiger partial charge in [0.15, 0.2) is 0 Å². The second-order valence-electron chi connectivity index (χ2n) is 5.82. The molecule has 0 aliphatic heterocycles. The Kier molecular flexibility index (Phi) is 6.06. The van der Waals surface area contributed by atoms with Crippen molar-refractivity contribution in [2.24, 2.45) is 0 Å². The summed E-state index contributed by atoms with van der Waals surface area (Å²) >= 11 is 6.11. The van der Waals surface area contributed by atoms with Crippen molar-refractivity contribution in [3.05, 3.63) is 65.6 Å². The summed E-state index contributed by atoms with van der Waals surface area (Å²) in [4.78, 5) is 8.03. The van der Waals surface area contributed by atoms with Gasteiger partial charge in [-0.25, -0.2) is 4.98 Å². The van der Waals surface area contributed by atoms with Crippen molar-refractivity contribution in [3.63, 3.8) is 0 Å². The van der Waals surface area contributed by atoms with Gasteiger partial charge in [0.25, 0.3) is 0 Å². The molecule has 0 N–H and O–H groups in total. The molecule has 0 saturated heterocycles. The molecule has 146 valence electrons. The first-order valence-corrected chi connectivity index (χ1v) is 8.62. The fraction of sp³-hybridized carbons (Fsp3) is 0.200. The molecule has 0 amide bonds. The Morgan fingerprint density at radius 1 is 1.04 bits per heavy atom. The second-order valence-corrected chi connectivity index (χ2v) is 6.26. The van der Waals surface area contributed by atoms with E-state index in [9.17, 15) is 8.78 Å². The number of halogens is 3. The highest BCUT2D eigenvalue weighted by molar-refractivity contribution is 6.31. The highest BCUT2D eigenvalue weighted by Crippen LogP contribution is 2.38. The highest BCUT2D eigenvalue weighted by Gasteiger charge is 2.33. The van der Waals surface area contributed by atoms with Crippen LogP contribution in [0.4, 0.5) is 8.78 Å². The topological polar surface area (TPSA) is 53.5 Å². The van der Waals surface area contributed by atoms with Gasteiger partial charge in [-0.3, -0.25) is 4.98 Å². The van der Waals surface area contributed by atoms with Crippen LogP contribution >= 0.6 is 11.6 Å². The van der Waals surface area contributed by atoms with Crippen LogP contribution in [0.15, 0.2) is 54.9 Å². The highest BCUT2D eigenvalue weighted by atomic mass is 35.5. The Morgan fingerprint density at radius 2 is 1.86 bits per heavy atom. The van der Waals surface area contributed by atoms with E-state index in [4.69, 9.17) is 21.1 Å². The molecule has 0 bridgehead atoms. The number of pyridine rings is 2. The van der Waals surface area contributed by atoms with Crippen molar-refractivity contribution in [2.45, 2.75) is 5.92 Å². The Hall–Kier alpha value is -2.77. The lowest BCUT2D eigenvalue weighted by molar-refractivity contribution is -0.0731. The SMILES string of the molecule is COCC(F)(F)c1ccc(Oc2ncccc2-c2cc(Cl)ccc2OC)cn1. The van der Waals surface area contributed by atoms with Gasteiger partial charge < -0.3 is 14.2 Å². The summed E-state index contributed by atoms with van der Waals surface area (Å²) < 4.78 is 43.4. The van der Waals surface area contributed by atoms with Gasteiger partial charge in [0.1, 0.15) is 23.8 Å². The minimum Gasteiger partial charge on any atom is -0.496 e. The average Bonchev–Trinajstić information content (AvgIpc) is 2.69. The maximum absolute atomic E-state index is 13.9. The van der Waals surface area contributed by atoms with E-state index in [-0.39, 0.29) is 11.6 Å². The zero-order valence-electron chi connectivity index (χ0n) is 15.2. The van der Waals surface area contributed by atoms with Crippen LogP contribution in [0.2, 0.25) is 5.02 Å². The quantitative estimate of drug-likeness (QED) is 0.530. The summed E-state index contributed by atoms with van der Waals surface area (Å²) in [6, 6.07) is 11.3. The predicted octanol–water partition coefficient (Wildman–Crippen LogP) is 5.34. The van der Waals surface area contributed by atoms with E-state index >= 15 is 0 Å². The van der Waals surface area contributed by atoms with Gasteiger partial charge in [-0.05, 0) is 42.5 Å². The molecule has 0 radical (unpaired) electrons. The number of alkyl halides is 2. The second kappa shape index (κ2) is 8.50. The monoisotopic (exact) mass is 406 g/mol. The predicted molar refractivity (Wildman–Crippen MR) is 101 cm³/mol. The molecular formula is C20H17ClF2N2O3. The molecule has 1 aromatic carbocycles. The van der Waals surface area contributed by atoms with Crippen LogP contribution in [0.1, 0.15) is 5.69 Å². The molecule has 2 heterocycles. The van der Waals surface area contributed by atoms with Crippen molar-refractivity contribution < 1.29 is 23.0 Å². The number of rotatable bonds is 7. The normalized spacial score (nSPS) is 11.3. The molecule has 0 spiro atoms. The number of ether oxygens (including phenoxy) is 3. The number of hydrogen-bond donors (Lipinski definition) is 0. The molecule has 0 unspecified atom stereocenters. The molecule has 3 rings (SSSR count). The summed E-state index contributed by atoms with van der Waals surface area (Å²) in [5, 5.41) is 0.525. The zero-order valence-corrected chi connectivity index (χ0v) is 15.9. The number of benzene rings is 1. The van der Waals surface area contributed by atoms with E-state index in [1.165, 1.54) is 25.4 Å². The van der Waals surface area contributed by atoms with Gasteiger partial charge in [-0.2, -0.15) is 8.78 Å². The van der Waals surface area contributed by atoms with Crippen LogP contribution in [-0.4, -0.2) is 30.8 Å². The summed E-state index contributed by atoms with van der Waals surface area (Å²) in [7, 11) is 2.75. The van der Waals surface area contributed by atoms with E-state index in [1.807, 2.05) is 0 Å². The molecular weight excluding hydrogens is 390 g/mol. The van der Waals surface area contributed by atoms with E-state index < -0.39 is 18.2 Å². The number of aromatic nitrogens is 2. The molecule has 0 aliphatic carbocycles. The van der Waals surface area contributed by atoms with Gasteiger partial charge in [-0.15, -0.1) is 0 Å². The van der Waals surface area contributed by atoms with Gasteiger partial charge in [0.05, 0.1) is 13.3 Å². The average molecular weight is 407 g/mol. The van der Waals surface area contributed by atoms with Gasteiger partial charge in [-0.1, -0.05) is 11.6 Å². The third-order valence-electron chi connectivity index (χ3n) is 3.87. The van der Waals surface area contributed by atoms with E-state index in [1.54, 1.807) is 43.6 Å². The van der Waals surface area contributed by atoms with Crippen LogP contribution < -0.4 is 9.47 Å². The number of hydrogen-bond acceptors (Lipinski definition) is 5. The molecule has 0 fully saturated rings. The third kappa shape index (κ3) is 4.37. The third-order valence-corrected chi connectivity index (χ3v) is 4.11. The Bertz CT molecular complexity index is 952. The largest absolute Gasteiger partial charge is 0.496 e. The lowest BCUT2D eigenvalue weighted by atomic mass is 10.1. The van der Waals surface area contributed by atoms with E-state index in [2.05, 4.69) is 14.7 Å². The first kappa shape index (κ1) is 20.0. The lowest BCUT2D eigenvalue weighted by Gasteiger charge is -2.15. The van der Waals surface area contributed by atoms with Crippen LogP contribution in [0.3, 0.4) is 0 Å². The Labute approximate surface area is 165 Å². The van der Waals surface area contributed by atoms with Crippen LogP contribution in [0.5, 0.6) is 17.4 Å². The molecule has 0 saturated carbocycles. The molecule has 8 heteroatoms. The first-order chi connectivity index (χ1) is 13.4. The van der Waals surface area contributed by atoms with E-state index in [0.29, 0.717) is 21.9 Å². The molecule has 0 aliphatic rings. The molecule has 28 heavy (non-hydrogen) atoms. The molecule has 2 aromatic heterocycles. The minimum absolute atomic E-state index is 0.262. The summed E-state index contributed by atoms with van der Waals surface area (Å²) in [5.41, 5.74) is 0.921. The van der Waals surface area contributed by atoms with Gasteiger partial charge >= 0.3 is 5.92 Å². The zero-order chi connectivity index (χ0) is 20.1. The number of methoxy groups -OCH3 is 2. The van der Waals surface area contributed by atoms with Crippen molar-refractivity contribution in [2.75, 3.05) is 20.8 Å². The van der Waals surface area contributed by atoms with Crippen molar-refractivity contribution in [1.82, 2.24) is 9.97 Å². The van der Waals surface area contributed by atoms with Crippen LogP contribution in [0.25, 0.3) is 11.1 Å². The fourth-order valence-corrected chi connectivity index (χ4v) is 2.76. The standard InChI is InChI=1S/C20H17ClF2N2O3/c1-26-12-20(22,23)18-8-6-14(11-25-18)28-19-15(4-3-9-24-19)16-10-13(21)5-7-17(16)27-2/h3-11H,12H2,1-2H3. The molecule has 3 aromatic rings. The summed E-state index contributed by atoms with van der Waals surface area (Å²) in [6.45, 7) is -0.751. The first-order valence-electron chi connectivity index (χ1n) is 8.24. The van der Waals surface area contributed by atoms with Crippen LogP contribution in [0, 0.1) is 0 Å². The summed E-state index contributed by atoms with van der Waals surface area (Å²) in [5.74, 6) is -2.06. The minimum atomic E-state index is -3.18. The van der Waals surface area contributed by atoms with E-state index in [0.717, 1.165) is 0 Å². The number of nitrogens with zero attached hydrogens (tertiary/aromatic N) is 2. The van der Waals surface area contributed by atoms with Gasteiger partial charge in [0.2, 0.25) is 5.88 Å². The van der Waals surface area contributed by atoms with Crippen LogP contribution in [-0.2, 0) is 10.7 Å². The van der Waals surface area contributed by atoms with Crippen molar-refractivity contribution in [3.8, 4) is 28.5 Å². The van der Waals surface area contributed by atoms with Crippen molar-refractivity contribution >= 4 is 11.6 Å². The maximum Gasteiger partial charge on any atom is 0.312 e. The lowest BCUT2D eigenvalue weighted by Crippen LogP contribution is -2.21. The fourth-order valence-electron chi connectivity index (χ4n) is 2.59. The Balaban J connectivity index is 1.92. The van der Waals surface area contributed by atoms with Crippen molar-refractivity contribution in [1.29, 1.82) is 0 Å². The molecule has 0 atom stereocenters.